The van der Waals surface area contributed by atoms with E-state index in [4.69, 9.17) is 4.74 Å². The van der Waals surface area contributed by atoms with Crippen molar-refractivity contribution in [1.29, 1.82) is 0 Å². The largest absolute Gasteiger partial charge is 0.486 e. The quantitative estimate of drug-likeness (QED) is 0.281. The van der Waals surface area contributed by atoms with Crippen molar-refractivity contribution in [2.45, 2.75) is 32.3 Å². The van der Waals surface area contributed by atoms with Crippen molar-refractivity contribution >= 4 is 6.08 Å². The predicted octanol–water partition coefficient (Wildman–Crippen LogP) is 6.82. The molecule has 3 rings (SSSR count). The number of aliphatic hydroxyl groups excluding tert-OH is 1. The summed E-state index contributed by atoms with van der Waals surface area (Å²) < 4.78 is 33.9. The van der Waals surface area contributed by atoms with Crippen molar-refractivity contribution in [2.75, 3.05) is 6.61 Å². The van der Waals surface area contributed by atoms with Gasteiger partial charge in [0.15, 0.2) is 11.6 Å². The third-order valence-corrected chi connectivity index (χ3v) is 4.99. The van der Waals surface area contributed by atoms with Gasteiger partial charge < -0.3 is 9.84 Å². The second-order valence-corrected chi connectivity index (χ2v) is 7.58. The van der Waals surface area contributed by atoms with Crippen LogP contribution in [0.1, 0.15) is 31.7 Å². The van der Waals surface area contributed by atoms with Crippen LogP contribution in [0.3, 0.4) is 0 Å². The third kappa shape index (κ3) is 6.11. The lowest BCUT2D eigenvalue weighted by Gasteiger charge is -2.09. The van der Waals surface area contributed by atoms with Gasteiger partial charge in [-0.2, -0.15) is 4.39 Å². The third-order valence-electron chi connectivity index (χ3n) is 4.99. The van der Waals surface area contributed by atoms with Gasteiger partial charge in [-0.25, -0.2) is 4.39 Å². The molecule has 3 aromatic rings. The average Bonchev–Trinajstić information content (AvgIpc) is 2.80. The number of ether oxygens (including phenoxy) is 1. The molecule has 32 heavy (non-hydrogen) atoms. The molecule has 1 N–H and O–H groups in total. The Morgan fingerprint density at radius 3 is 2.44 bits per heavy atom. The highest BCUT2D eigenvalue weighted by molar-refractivity contribution is 5.68. The maximum Gasteiger partial charge on any atom is 0.201 e. The zero-order valence-corrected chi connectivity index (χ0v) is 18.1. The molecule has 3 nitrogen and oxygen atoms in total. The topological polar surface area (TPSA) is 42.4 Å². The van der Waals surface area contributed by atoms with Crippen molar-refractivity contribution in [3.8, 4) is 28.1 Å². The minimum absolute atomic E-state index is 0.0797. The predicted molar refractivity (Wildman–Crippen MR) is 125 cm³/mol. The van der Waals surface area contributed by atoms with Gasteiger partial charge >= 0.3 is 0 Å². The Bertz CT molecular complexity index is 1060. The van der Waals surface area contributed by atoms with E-state index >= 15 is 0 Å². The van der Waals surface area contributed by atoms with Crippen molar-refractivity contribution < 1.29 is 18.6 Å². The Hall–Kier alpha value is -3.31. The van der Waals surface area contributed by atoms with Crippen molar-refractivity contribution in [2.24, 2.45) is 0 Å². The number of benzene rings is 2. The SMILES string of the molecule is C=CCOc1ccc(-c2ccc(-c3ccc(/C=C/CCCC(C)O)cc3)cn2)c(F)c1F. The van der Waals surface area contributed by atoms with Crippen LogP contribution in [0.4, 0.5) is 8.78 Å². The molecule has 0 radical (unpaired) electrons. The van der Waals surface area contributed by atoms with Gasteiger partial charge in [0, 0.05) is 17.3 Å². The Labute approximate surface area is 187 Å². The van der Waals surface area contributed by atoms with Crippen LogP contribution in [0.5, 0.6) is 5.75 Å². The summed E-state index contributed by atoms with van der Waals surface area (Å²) in [6, 6.07) is 14.4. The molecule has 0 saturated carbocycles. The van der Waals surface area contributed by atoms with Gasteiger partial charge in [-0.15, -0.1) is 0 Å². The first-order chi connectivity index (χ1) is 15.5. The van der Waals surface area contributed by atoms with Gasteiger partial charge in [0.1, 0.15) is 6.61 Å². The fourth-order valence-corrected chi connectivity index (χ4v) is 3.25. The molecule has 1 heterocycles. The summed E-state index contributed by atoms with van der Waals surface area (Å²) in [5.74, 6) is -2.18. The van der Waals surface area contributed by atoms with E-state index in [0.717, 1.165) is 36.0 Å². The molecule has 1 unspecified atom stereocenters. The van der Waals surface area contributed by atoms with E-state index in [0.29, 0.717) is 5.69 Å². The number of nitrogens with zero attached hydrogens (tertiary/aromatic N) is 1. The number of halogens is 2. The van der Waals surface area contributed by atoms with Crippen LogP contribution < -0.4 is 4.74 Å². The molecular weight excluding hydrogens is 408 g/mol. The molecule has 166 valence electrons. The van der Waals surface area contributed by atoms with Gasteiger partial charge in [-0.05, 0) is 55.5 Å². The van der Waals surface area contributed by atoms with E-state index < -0.39 is 11.6 Å². The van der Waals surface area contributed by atoms with E-state index in [1.807, 2.05) is 30.3 Å². The maximum atomic E-state index is 14.5. The van der Waals surface area contributed by atoms with Gasteiger partial charge in [0.2, 0.25) is 5.82 Å². The van der Waals surface area contributed by atoms with Crippen molar-refractivity contribution in [3.63, 3.8) is 0 Å². The summed E-state index contributed by atoms with van der Waals surface area (Å²) in [7, 11) is 0. The highest BCUT2D eigenvalue weighted by Gasteiger charge is 2.16. The Kier molecular flexibility index (Phi) is 8.28. The van der Waals surface area contributed by atoms with Crippen molar-refractivity contribution in [3.05, 3.63) is 90.7 Å². The minimum Gasteiger partial charge on any atom is -0.486 e. The molecule has 0 amide bonds. The van der Waals surface area contributed by atoms with Crippen LogP contribution in [-0.4, -0.2) is 22.8 Å². The van der Waals surface area contributed by atoms with Crippen LogP contribution in [-0.2, 0) is 0 Å². The van der Waals surface area contributed by atoms with Crippen LogP contribution in [0.15, 0.2) is 73.5 Å². The summed E-state index contributed by atoms with van der Waals surface area (Å²) in [6.07, 6.45) is 9.71. The minimum atomic E-state index is -1.04. The van der Waals surface area contributed by atoms with Crippen LogP contribution in [0.2, 0.25) is 0 Å². The Balaban J connectivity index is 1.69. The van der Waals surface area contributed by atoms with E-state index in [9.17, 15) is 13.9 Å². The van der Waals surface area contributed by atoms with Crippen LogP contribution in [0.25, 0.3) is 28.5 Å². The summed E-state index contributed by atoms with van der Waals surface area (Å²) in [4.78, 5) is 4.33. The fourth-order valence-electron chi connectivity index (χ4n) is 3.25. The Morgan fingerprint density at radius 1 is 1.03 bits per heavy atom. The molecule has 0 saturated heterocycles. The summed E-state index contributed by atoms with van der Waals surface area (Å²) in [5, 5.41) is 9.28. The Morgan fingerprint density at radius 2 is 1.78 bits per heavy atom. The number of aliphatic hydroxyl groups is 1. The normalized spacial score (nSPS) is 12.1. The molecular formula is C27H27F2NO2. The number of rotatable bonds is 10. The van der Waals surface area contributed by atoms with E-state index in [2.05, 4.69) is 23.7 Å². The smallest absolute Gasteiger partial charge is 0.201 e. The lowest BCUT2D eigenvalue weighted by molar-refractivity contribution is 0.182. The summed E-state index contributed by atoms with van der Waals surface area (Å²) in [5.41, 5.74) is 3.38. The lowest BCUT2D eigenvalue weighted by atomic mass is 10.0. The first-order valence-electron chi connectivity index (χ1n) is 10.6. The van der Waals surface area contributed by atoms with E-state index in [1.54, 1.807) is 19.2 Å². The first-order valence-corrected chi connectivity index (χ1v) is 10.6. The fraction of sp³-hybridized carbons (Fsp3) is 0.222. The molecule has 0 aliphatic carbocycles. The molecule has 0 aliphatic heterocycles. The van der Waals surface area contributed by atoms with Gasteiger partial charge in [-0.3, -0.25) is 4.98 Å². The van der Waals surface area contributed by atoms with Gasteiger partial charge in [0.05, 0.1) is 11.8 Å². The molecule has 0 fully saturated rings. The molecule has 0 aliphatic rings. The highest BCUT2D eigenvalue weighted by atomic mass is 19.2. The zero-order valence-electron chi connectivity index (χ0n) is 18.1. The second-order valence-electron chi connectivity index (χ2n) is 7.58. The first kappa shape index (κ1) is 23.4. The number of aromatic nitrogens is 1. The van der Waals surface area contributed by atoms with E-state index in [-0.39, 0.29) is 24.0 Å². The molecule has 1 atom stereocenters. The number of pyridine rings is 1. The number of allylic oxidation sites excluding steroid dienone is 1. The highest BCUT2D eigenvalue weighted by Crippen LogP contribution is 2.30. The monoisotopic (exact) mass is 435 g/mol. The number of hydrogen-bond donors (Lipinski definition) is 1. The van der Waals surface area contributed by atoms with E-state index in [1.165, 1.54) is 18.2 Å². The molecule has 1 aromatic heterocycles. The molecule has 0 bridgehead atoms. The maximum absolute atomic E-state index is 14.5. The van der Waals surface area contributed by atoms with Gasteiger partial charge in [-0.1, -0.05) is 55.1 Å². The number of unbranched alkanes of at least 4 members (excludes halogenated alkanes) is 1. The summed E-state index contributed by atoms with van der Waals surface area (Å²) in [6.45, 7) is 5.39. The number of hydrogen-bond acceptors (Lipinski definition) is 3. The van der Waals surface area contributed by atoms with Crippen LogP contribution in [0, 0.1) is 11.6 Å². The van der Waals surface area contributed by atoms with Crippen LogP contribution >= 0.6 is 0 Å². The lowest BCUT2D eigenvalue weighted by Crippen LogP contribution is -1.99. The molecule has 0 spiro atoms. The zero-order chi connectivity index (χ0) is 22.9. The molecule has 5 heteroatoms. The van der Waals surface area contributed by atoms with Gasteiger partial charge in [0.25, 0.3) is 0 Å². The average molecular weight is 436 g/mol. The second kappa shape index (κ2) is 11.3. The summed E-state index contributed by atoms with van der Waals surface area (Å²) >= 11 is 0. The molecule has 2 aromatic carbocycles. The van der Waals surface area contributed by atoms with Crippen molar-refractivity contribution in [1.82, 2.24) is 4.98 Å². The standard InChI is InChI=1S/C27H27F2NO2/c1-3-17-32-25-16-14-23(26(28)27(25)29)24-15-13-22(18-30-24)21-11-9-20(10-12-21)8-6-4-5-7-19(2)31/h3,6,8-16,18-19,31H,1,4-5,7,17H2,2H3/b8-6+.